The van der Waals surface area contributed by atoms with Crippen molar-refractivity contribution in [2.45, 2.75) is 25.3 Å². The maximum Gasteiger partial charge on any atom is 0.127 e. The van der Waals surface area contributed by atoms with Gasteiger partial charge in [0.15, 0.2) is 0 Å². The Bertz CT molecular complexity index is 532. The first-order valence-electron chi connectivity index (χ1n) is 7.26. The summed E-state index contributed by atoms with van der Waals surface area (Å²) in [6.07, 6.45) is 2.96. The molecule has 0 radical (unpaired) electrons. The van der Waals surface area contributed by atoms with Gasteiger partial charge in [0, 0.05) is 6.04 Å². The highest BCUT2D eigenvalue weighted by Gasteiger charge is 2.17. The van der Waals surface area contributed by atoms with Gasteiger partial charge < -0.3 is 15.2 Å². The second kappa shape index (κ2) is 7.70. The molecule has 2 N–H and O–H groups in total. The van der Waals surface area contributed by atoms with E-state index in [-0.39, 0.29) is 6.04 Å². The van der Waals surface area contributed by atoms with Crippen LogP contribution in [0.3, 0.4) is 0 Å². The molecule has 3 heteroatoms. The average Bonchev–Trinajstić information content (AvgIpc) is 2.54. The van der Waals surface area contributed by atoms with E-state index in [0.29, 0.717) is 0 Å². The summed E-state index contributed by atoms with van der Waals surface area (Å²) in [6, 6.07) is 16.2. The first kappa shape index (κ1) is 15.4. The van der Waals surface area contributed by atoms with Crippen molar-refractivity contribution in [1.29, 1.82) is 0 Å². The van der Waals surface area contributed by atoms with E-state index in [2.05, 4.69) is 24.3 Å². The van der Waals surface area contributed by atoms with E-state index in [4.69, 9.17) is 15.2 Å². The van der Waals surface area contributed by atoms with Crippen LogP contribution in [-0.4, -0.2) is 14.2 Å². The van der Waals surface area contributed by atoms with Crippen LogP contribution in [0.25, 0.3) is 0 Å². The molecule has 0 amide bonds. The van der Waals surface area contributed by atoms with E-state index in [0.717, 1.165) is 36.3 Å². The molecule has 1 atom stereocenters. The van der Waals surface area contributed by atoms with E-state index in [1.54, 1.807) is 14.2 Å². The summed E-state index contributed by atoms with van der Waals surface area (Å²) in [5.74, 6) is 1.59. The largest absolute Gasteiger partial charge is 0.496 e. The van der Waals surface area contributed by atoms with Crippen LogP contribution >= 0.6 is 0 Å². The van der Waals surface area contributed by atoms with Gasteiger partial charge in [-0.2, -0.15) is 0 Å². The number of nitrogens with two attached hydrogens (primary N) is 1. The molecule has 3 nitrogen and oxygen atoms in total. The molecule has 0 heterocycles. The van der Waals surface area contributed by atoms with Crippen molar-refractivity contribution in [3.05, 3.63) is 59.7 Å². The van der Waals surface area contributed by atoms with Crippen LogP contribution in [0.1, 0.15) is 30.0 Å². The quantitative estimate of drug-likeness (QED) is 0.843. The number of ether oxygens (including phenoxy) is 2. The lowest BCUT2D eigenvalue weighted by Gasteiger charge is -2.18. The van der Waals surface area contributed by atoms with Crippen LogP contribution in [0.4, 0.5) is 0 Å². The average molecular weight is 285 g/mol. The lowest BCUT2D eigenvalue weighted by molar-refractivity contribution is 0.376. The molecule has 0 aliphatic carbocycles. The number of hydrogen-bond donors (Lipinski definition) is 1. The summed E-state index contributed by atoms with van der Waals surface area (Å²) < 4.78 is 10.8. The maximum absolute atomic E-state index is 6.35. The predicted molar refractivity (Wildman–Crippen MR) is 85.9 cm³/mol. The minimum absolute atomic E-state index is 0.0835. The number of methoxy groups -OCH3 is 2. The third-order valence-corrected chi connectivity index (χ3v) is 3.66. The minimum Gasteiger partial charge on any atom is -0.496 e. The van der Waals surface area contributed by atoms with Gasteiger partial charge in [0.1, 0.15) is 11.5 Å². The predicted octanol–water partition coefficient (Wildman–Crippen LogP) is 3.73. The van der Waals surface area contributed by atoms with E-state index in [1.165, 1.54) is 5.56 Å². The molecule has 2 aromatic carbocycles. The summed E-state index contributed by atoms with van der Waals surface area (Å²) >= 11 is 0. The van der Waals surface area contributed by atoms with Crippen LogP contribution < -0.4 is 15.2 Å². The zero-order chi connectivity index (χ0) is 15.1. The number of aryl methyl sites for hydroxylation is 1. The highest BCUT2D eigenvalue weighted by atomic mass is 16.5. The third-order valence-electron chi connectivity index (χ3n) is 3.66. The zero-order valence-electron chi connectivity index (χ0n) is 12.7. The topological polar surface area (TPSA) is 44.5 Å². The van der Waals surface area contributed by atoms with Gasteiger partial charge in [0.05, 0.1) is 19.8 Å². The molecule has 0 aliphatic rings. The van der Waals surface area contributed by atoms with Crippen LogP contribution in [0.2, 0.25) is 0 Å². The molecule has 2 rings (SSSR count). The van der Waals surface area contributed by atoms with Crippen molar-refractivity contribution in [2.75, 3.05) is 14.2 Å². The molecule has 112 valence electrons. The van der Waals surface area contributed by atoms with Gasteiger partial charge >= 0.3 is 0 Å². The van der Waals surface area contributed by atoms with Crippen LogP contribution in [0.15, 0.2) is 48.5 Å². The first-order valence-corrected chi connectivity index (χ1v) is 7.26. The Balaban J connectivity index is 2.01. The molecular formula is C18H23NO2. The lowest BCUT2D eigenvalue weighted by atomic mass is 9.98. The van der Waals surface area contributed by atoms with Crippen LogP contribution in [-0.2, 0) is 6.42 Å². The SMILES string of the molecule is COc1cccc(OC)c1C(N)CCCc1ccccc1. The lowest BCUT2D eigenvalue weighted by Crippen LogP contribution is -2.13. The van der Waals surface area contributed by atoms with Gasteiger partial charge in [-0.25, -0.2) is 0 Å². The van der Waals surface area contributed by atoms with Crippen molar-refractivity contribution in [3.8, 4) is 11.5 Å². The first-order chi connectivity index (χ1) is 10.3. The van der Waals surface area contributed by atoms with Gasteiger partial charge in [0.25, 0.3) is 0 Å². The van der Waals surface area contributed by atoms with Gasteiger partial charge in [-0.15, -0.1) is 0 Å². The Labute approximate surface area is 126 Å². The smallest absolute Gasteiger partial charge is 0.127 e. The Morgan fingerprint density at radius 3 is 2.10 bits per heavy atom. The van der Waals surface area contributed by atoms with E-state index in [1.807, 2.05) is 24.3 Å². The molecule has 1 unspecified atom stereocenters. The molecule has 0 bridgehead atoms. The minimum atomic E-state index is -0.0835. The monoisotopic (exact) mass is 285 g/mol. The van der Waals surface area contributed by atoms with Gasteiger partial charge in [-0.3, -0.25) is 0 Å². The molecule has 0 saturated carbocycles. The number of benzene rings is 2. The Morgan fingerprint density at radius 2 is 1.52 bits per heavy atom. The van der Waals surface area contributed by atoms with Gasteiger partial charge in [-0.1, -0.05) is 36.4 Å². The molecule has 0 saturated heterocycles. The maximum atomic E-state index is 6.35. The highest BCUT2D eigenvalue weighted by molar-refractivity contribution is 5.46. The number of rotatable bonds is 7. The molecule has 0 aliphatic heterocycles. The molecule has 0 fully saturated rings. The second-order valence-electron chi connectivity index (χ2n) is 5.06. The molecule has 0 spiro atoms. The van der Waals surface area contributed by atoms with E-state index in [9.17, 15) is 0 Å². The van der Waals surface area contributed by atoms with Crippen molar-refractivity contribution in [2.24, 2.45) is 5.73 Å². The van der Waals surface area contributed by atoms with Crippen LogP contribution in [0.5, 0.6) is 11.5 Å². The van der Waals surface area contributed by atoms with Crippen molar-refractivity contribution >= 4 is 0 Å². The summed E-state index contributed by atoms with van der Waals surface area (Å²) in [5.41, 5.74) is 8.65. The third kappa shape index (κ3) is 3.99. The van der Waals surface area contributed by atoms with Crippen molar-refractivity contribution < 1.29 is 9.47 Å². The number of hydrogen-bond acceptors (Lipinski definition) is 3. The molecule has 0 aromatic heterocycles. The molecule has 21 heavy (non-hydrogen) atoms. The fourth-order valence-corrected chi connectivity index (χ4v) is 2.56. The fourth-order valence-electron chi connectivity index (χ4n) is 2.56. The van der Waals surface area contributed by atoms with Gasteiger partial charge in [0.2, 0.25) is 0 Å². The highest BCUT2D eigenvalue weighted by Crippen LogP contribution is 2.34. The van der Waals surface area contributed by atoms with Crippen molar-refractivity contribution in [1.82, 2.24) is 0 Å². The fraction of sp³-hybridized carbons (Fsp3) is 0.333. The standard InChI is InChI=1S/C18H23NO2/c1-20-16-12-7-13-17(21-2)18(16)15(19)11-6-10-14-8-4-3-5-9-14/h3-5,7-9,12-13,15H,6,10-11,19H2,1-2H3. The van der Waals surface area contributed by atoms with E-state index >= 15 is 0 Å². The Kier molecular flexibility index (Phi) is 5.64. The summed E-state index contributed by atoms with van der Waals surface area (Å²) in [7, 11) is 3.32. The summed E-state index contributed by atoms with van der Waals surface area (Å²) in [4.78, 5) is 0. The Morgan fingerprint density at radius 1 is 0.905 bits per heavy atom. The summed E-state index contributed by atoms with van der Waals surface area (Å²) in [6.45, 7) is 0. The normalized spacial score (nSPS) is 12.0. The Hall–Kier alpha value is -2.00. The summed E-state index contributed by atoms with van der Waals surface area (Å²) in [5, 5.41) is 0. The second-order valence-corrected chi connectivity index (χ2v) is 5.06. The van der Waals surface area contributed by atoms with Gasteiger partial charge in [-0.05, 0) is 37.0 Å². The zero-order valence-corrected chi connectivity index (χ0v) is 12.7. The molecule has 2 aromatic rings. The van der Waals surface area contributed by atoms with E-state index < -0.39 is 0 Å². The molecular weight excluding hydrogens is 262 g/mol. The van der Waals surface area contributed by atoms with Crippen molar-refractivity contribution in [3.63, 3.8) is 0 Å². The van der Waals surface area contributed by atoms with Crippen LogP contribution in [0, 0.1) is 0 Å².